The van der Waals surface area contributed by atoms with Gasteiger partial charge in [-0.15, -0.1) is 11.3 Å². The van der Waals surface area contributed by atoms with Gasteiger partial charge in [0.1, 0.15) is 0 Å². The molecule has 0 aliphatic heterocycles. The molecule has 1 unspecified atom stereocenters. The smallest absolute Gasteiger partial charge is 0.0852 e. The quantitative estimate of drug-likeness (QED) is 0.876. The van der Waals surface area contributed by atoms with Crippen LogP contribution in [0.5, 0.6) is 0 Å². The van der Waals surface area contributed by atoms with Crippen molar-refractivity contribution in [1.29, 1.82) is 0 Å². The summed E-state index contributed by atoms with van der Waals surface area (Å²) in [5.74, 6) is 0. The molecule has 0 saturated carbocycles. The van der Waals surface area contributed by atoms with Crippen molar-refractivity contribution in [2.75, 3.05) is 0 Å². The minimum atomic E-state index is -0.522. The molecular formula is C13H13ClOS. The Bertz CT molecular complexity index is 465. The molecule has 0 saturated heterocycles. The fraction of sp³-hybridized carbons (Fsp3) is 0.231. The second kappa shape index (κ2) is 5.00. The number of aryl methyl sites for hydroxylation is 1. The van der Waals surface area contributed by atoms with Crippen molar-refractivity contribution < 1.29 is 5.11 Å². The molecule has 3 heteroatoms. The van der Waals surface area contributed by atoms with Crippen LogP contribution in [0.1, 0.15) is 22.1 Å². The maximum Gasteiger partial charge on any atom is 0.0852 e. The molecule has 0 amide bonds. The number of benzene rings is 1. The highest BCUT2D eigenvalue weighted by atomic mass is 35.5. The van der Waals surface area contributed by atoms with Gasteiger partial charge < -0.3 is 5.11 Å². The summed E-state index contributed by atoms with van der Waals surface area (Å²) in [6.07, 6.45) is 0.104. The van der Waals surface area contributed by atoms with E-state index in [0.29, 0.717) is 11.4 Å². The van der Waals surface area contributed by atoms with E-state index in [2.05, 4.69) is 0 Å². The van der Waals surface area contributed by atoms with Crippen LogP contribution in [0.4, 0.5) is 0 Å². The van der Waals surface area contributed by atoms with E-state index in [9.17, 15) is 5.11 Å². The normalized spacial score (nSPS) is 12.7. The van der Waals surface area contributed by atoms with Crippen LogP contribution in [0.2, 0.25) is 5.02 Å². The van der Waals surface area contributed by atoms with Gasteiger partial charge in [0.2, 0.25) is 0 Å². The van der Waals surface area contributed by atoms with Gasteiger partial charge in [-0.3, -0.25) is 0 Å². The average molecular weight is 253 g/mol. The van der Waals surface area contributed by atoms with Crippen molar-refractivity contribution in [3.05, 3.63) is 56.7 Å². The highest BCUT2D eigenvalue weighted by Gasteiger charge is 2.13. The predicted molar refractivity (Wildman–Crippen MR) is 69.2 cm³/mol. The van der Waals surface area contributed by atoms with Crippen LogP contribution in [-0.2, 0) is 6.42 Å². The summed E-state index contributed by atoms with van der Waals surface area (Å²) in [6.45, 7) is 1.95. The van der Waals surface area contributed by atoms with Crippen molar-refractivity contribution in [2.45, 2.75) is 19.4 Å². The molecule has 16 heavy (non-hydrogen) atoms. The molecule has 0 radical (unpaired) electrons. The standard InChI is InChI=1S/C13H13ClOS/c1-9-4-2-6-11(13(9)14)12(15)8-10-5-3-7-16-10/h2-7,12,15H,8H2,1H3. The third kappa shape index (κ3) is 2.46. The second-order valence-corrected chi connectivity index (χ2v) is 5.19. The summed E-state index contributed by atoms with van der Waals surface area (Å²) in [6, 6.07) is 9.77. The number of aliphatic hydroxyl groups is 1. The van der Waals surface area contributed by atoms with Crippen molar-refractivity contribution in [1.82, 2.24) is 0 Å². The van der Waals surface area contributed by atoms with E-state index < -0.39 is 6.10 Å². The first-order chi connectivity index (χ1) is 7.68. The lowest BCUT2D eigenvalue weighted by atomic mass is 10.0. The highest BCUT2D eigenvalue weighted by molar-refractivity contribution is 7.09. The van der Waals surface area contributed by atoms with Gasteiger partial charge in [0.05, 0.1) is 6.10 Å². The lowest BCUT2D eigenvalue weighted by Gasteiger charge is -2.13. The van der Waals surface area contributed by atoms with E-state index in [1.165, 1.54) is 4.88 Å². The molecule has 0 spiro atoms. The van der Waals surface area contributed by atoms with Crippen molar-refractivity contribution in [3.8, 4) is 0 Å². The topological polar surface area (TPSA) is 20.2 Å². The fourth-order valence-electron chi connectivity index (χ4n) is 1.66. The van der Waals surface area contributed by atoms with E-state index in [1.807, 2.05) is 42.6 Å². The molecule has 84 valence electrons. The lowest BCUT2D eigenvalue weighted by molar-refractivity contribution is 0.179. The van der Waals surface area contributed by atoms with Crippen LogP contribution in [-0.4, -0.2) is 5.11 Å². The summed E-state index contributed by atoms with van der Waals surface area (Å²) in [5.41, 5.74) is 1.82. The molecule has 1 heterocycles. The maximum absolute atomic E-state index is 10.1. The molecular weight excluding hydrogens is 240 g/mol. The average Bonchev–Trinajstić information content (AvgIpc) is 2.74. The van der Waals surface area contributed by atoms with Crippen molar-refractivity contribution in [2.24, 2.45) is 0 Å². The Morgan fingerprint density at radius 3 is 2.81 bits per heavy atom. The Morgan fingerprint density at radius 2 is 2.12 bits per heavy atom. The van der Waals surface area contributed by atoms with Crippen LogP contribution in [0, 0.1) is 6.92 Å². The zero-order chi connectivity index (χ0) is 11.5. The first-order valence-corrected chi connectivity index (χ1v) is 6.39. The van der Waals surface area contributed by atoms with Crippen molar-refractivity contribution >= 4 is 22.9 Å². The zero-order valence-corrected chi connectivity index (χ0v) is 10.6. The van der Waals surface area contributed by atoms with E-state index in [0.717, 1.165) is 11.1 Å². The van der Waals surface area contributed by atoms with Gasteiger partial charge in [0.25, 0.3) is 0 Å². The Morgan fingerprint density at radius 1 is 1.31 bits per heavy atom. The van der Waals surface area contributed by atoms with Gasteiger partial charge in [-0.25, -0.2) is 0 Å². The van der Waals surface area contributed by atoms with Crippen LogP contribution >= 0.6 is 22.9 Å². The van der Waals surface area contributed by atoms with Crippen LogP contribution in [0.15, 0.2) is 35.7 Å². The molecule has 0 aliphatic carbocycles. The Labute approximate surface area is 104 Å². The summed E-state index contributed by atoms with van der Waals surface area (Å²) in [4.78, 5) is 1.17. The number of halogens is 1. The number of hydrogen-bond acceptors (Lipinski definition) is 2. The molecule has 1 N–H and O–H groups in total. The first-order valence-electron chi connectivity index (χ1n) is 5.14. The zero-order valence-electron chi connectivity index (χ0n) is 8.98. The monoisotopic (exact) mass is 252 g/mol. The third-order valence-corrected chi connectivity index (χ3v) is 3.97. The van der Waals surface area contributed by atoms with Crippen LogP contribution < -0.4 is 0 Å². The third-order valence-electron chi connectivity index (χ3n) is 2.56. The van der Waals surface area contributed by atoms with E-state index >= 15 is 0 Å². The van der Waals surface area contributed by atoms with E-state index in [-0.39, 0.29) is 0 Å². The first kappa shape index (κ1) is 11.6. The minimum Gasteiger partial charge on any atom is -0.388 e. The molecule has 1 nitrogen and oxygen atoms in total. The molecule has 1 aromatic carbocycles. The van der Waals surface area contributed by atoms with Gasteiger partial charge >= 0.3 is 0 Å². The summed E-state index contributed by atoms with van der Waals surface area (Å²) in [7, 11) is 0. The SMILES string of the molecule is Cc1cccc(C(O)Cc2cccs2)c1Cl. The Hall–Kier alpha value is -0.830. The fourth-order valence-corrected chi connectivity index (χ4v) is 2.65. The summed E-state index contributed by atoms with van der Waals surface area (Å²) >= 11 is 7.82. The van der Waals surface area contributed by atoms with Gasteiger partial charge in [0, 0.05) is 16.3 Å². The van der Waals surface area contributed by atoms with Gasteiger partial charge in [0.15, 0.2) is 0 Å². The lowest BCUT2D eigenvalue weighted by Crippen LogP contribution is -2.02. The largest absolute Gasteiger partial charge is 0.388 e. The maximum atomic E-state index is 10.1. The molecule has 2 rings (SSSR count). The van der Waals surface area contributed by atoms with E-state index in [4.69, 9.17) is 11.6 Å². The van der Waals surface area contributed by atoms with Gasteiger partial charge in [-0.2, -0.15) is 0 Å². The Balaban J connectivity index is 2.21. The Kier molecular flexibility index (Phi) is 3.64. The number of aliphatic hydroxyl groups excluding tert-OH is 1. The summed E-state index contributed by atoms with van der Waals surface area (Å²) < 4.78 is 0. The minimum absolute atomic E-state index is 0.522. The molecule has 1 atom stereocenters. The number of thiophene rings is 1. The molecule has 0 fully saturated rings. The molecule has 0 bridgehead atoms. The predicted octanol–water partition coefficient (Wildman–Crippen LogP) is 3.99. The van der Waals surface area contributed by atoms with Crippen LogP contribution in [0.3, 0.4) is 0 Å². The van der Waals surface area contributed by atoms with Gasteiger partial charge in [-0.1, -0.05) is 35.9 Å². The molecule has 0 aliphatic rings. The molecule has 2 aromatic rings. The summed E-state index contributed by atoms with van der Waals surface area (Å²) in [5, 5.41) is 12.8. The highest BCUT2D eigenvalue weighted by Crippen LogP contribution is 2.29. The second-order valence-electron chi connectivity index (χ2n) is 3.78. The van der Waals surface area contributed by atoms with Gasteiger partial charge in [-0.05, 0) is 29.5 Å². The van der Waals surface area contributed by atoms with Crippen molar-refractivity contribution in [3.63, 3.8) is 0 Å². The van der Waals surface area contributed by atoms with Crippen LogP contribution in [0.25, 0.3) is 0 Å². The van der Waals surface area contributed by atoms with E-state index in [1.54, 1.807) is 11.3 Å². The number of rotatable bonds is 3. The number of hydrogen-bond donors (Lipinski definition) is 1. The molecule has 1 aromatic heterocycles.